The summed E-state index contributed by atoms with van der Waals surface area (Å²) >= 11 is 1.59. The molecule has 1 aliphatic heterocycles. The Labute approximate surface area is 205 Å². The number of nitrogens with zero attached hydrogens (tertiary/aromatic N) is 1. The van der Waals surface area contributed by atoms with Gasteiger partial charge >= 0.3 is 0 Å². The van der Waals surface area contributed by atoms with E-state index in [4.69, 9.17) is 0 Å². The number of benzene rings is 3. The second-order valence-electron chi connectivity index (χ2n) is 9.50. The average molecular weight is 471 g/mol. The predicted octanol–water partition coefficient (Wildman–Crippen LogP) is 6.62. The summed E-state index contributed by atoms with van der Waals surface area (Å²) in [6, 6.07) is 22.0. The second kappa shape index (κ2) is 9.67. The Bertz CT molecular complexity index is 1220. The van der Waals surface area contributed by atoms with Crippen LogP contribution in [0.25, 0.3) is 0 Å². The molecule has 0 bridgehead atoms. The fourth-order valence-electron chi connectivity index (χ4n) is 4.88. The molecule has 2 amide bonds. The number of hydrogen-bond acceptors (Lipinski definition) is 3. The molecule has 1 fully saturated rings. The molecule has 5 rings (SSSR count). The summed E-state index contributed by atoms with van der Waals surface area (Å²) in [5.41, 5.74) is 4.32. The molecule has 1 aliphatic carbocycles. The number of nitrogens with one attached hydrogen (secondary N) is 1. The molecule has 5 heteroatoms. The number of fused-ring (bicyclic) bond motifs is 2. The topological polar surface area (TPSA) is 49.4 Å². The van der Waals surface area contributed by atoms with Crippen molar-refractivity contribution in [1.29, 1.82) is 0 Å². The number of carbonyl (C=O) groups is 2. The van der Waals surface area contributed by atoms with E-state index in [0.717, 1.165) is 40.3 Å². The largest absolute Gasteiger partial charge is 0.349 e. The lowest BCUT2D eigenvalue weighted by Crippen LogP contribution is -2.41. The summed E-state index contributed by atoms with van der Waals surface area (Å²) in [5.74, 6) is 0.389. The minimum Gasteiger partial charge on any atom is -0.349 e. The van der Waals surface area contributed by atoms with Crippen LogP contribution in [0, 0.1) is 12.8 Å². The first kappa shape index (κ1) is 22.7. The van der Waals surface area contributed by atoms with Crippen molar-refractivity contribution in [1.82, 2.24) is 5.32 Å². The molecule has 174 valence electrons. The van der Waals surface area contributed by atoms with Gasteiger partial charge in [-0.1, -0.05) is 73.5 Å². The molecule has 0 spiro atoms. The Morgan fingerprint density at radius 3 is 2.56 bits per heavy atom. The molecule has 0 radical (unpaired) electrons. The van der Waals surface area contributed by atoms with Crippen molar-refractivity contribution in [2.24, 2.45) is 5.92 Å². The van der Waals surface area contributed by atoms with E-state index in [9.17, 15) is 9.59 Å². The van der Waals surface area contributed by atoms with Crippen LogP contribution in [-0.2, 0) is 6.54 Å². The maximum absolute atomic E-state index is 13.7. The van der Waals surface area contributed by atoms with Gasteiger partial charge in [0.25, 0.3) is 11.8 Å². The van der Waals surface area contributed by atoms with E-state index in [0.29, 0.717) is 23.6 Å². The van der Waals surface area contributed by atoms with Crippen molar-refractivity contribution in [3.63, 3.8) is 0 Å². The van der Waals surface area contributed by atoms with Crippen LogP contribution in [0.2, 0.25) is 0 Å². The fourth-order valence-corrected chi connectivity index (χ4v) is 5.94. The Hall–Kier alpha value is -3.05. The maximum Gasteiger partial charge on any atom is 0.259 e. The van der Waals surface area contributed by atoms with Crippen molar-refractivity contribution in [3.05, 3.63) is 89.0 Å². The Morgan fingerprint density at radius 2 is 1.76 bits per heavy atom. The van der Waals surface area contributed by atoms with Gasteiger partial charge in [0.05, 0.1) is 17.8 Å². The minimum atomic E-state index is -0.0592. The van der Waals surface area contributed by atoms with Crippen LogP contribution in [-0.4, -0.2) is 17.9 Å². The van der Waals surface area contributed by atoms with Gasteiger partial charge in [-0.15, -0.1) is 0 Å². The summed E-state index contributed by atoms with van der Waals surface area (Å²) in [7, 11) is 0. The zero-order valence-corrected chi connectivity index (χ0v) is 20.5. The van der Waals surface area contributed by atoms with E-state index in [1.807, 2.05) is 47.4 Å². The zero-order chi connectivity index (χ0) is 23.7. The van der Waals surface area contributed by atoms with Crippen LogP contribution in [0.4, 0.5) is 5.69 Å². The van der Waals surface area contributed by atoms with Gasteiger partial charge in [-0.3, -0.25) is 9.59 Å². The van der Waals surface area contributed by atoms with Gasteiger partial charge in [-0.05, 0) is 61.6 Å². The van der Waals surface area contributed by atoms with Gasteiger partial charge in [0.15, 0.2) is 0 Å². The molecule has 2 atom stereocenters. The number of anilines is 1. The van der Waals surface area contributed by atoms with Crippen LogP contribution >= 0.6 is 11.8 Å². The molecule has 3 aromatic rings. The number of rotatable bonds is 4. The highest BCUT2D eigenvalue weighted by Gasteiger charge is 2.29. The molecule has 0 unspecified atom stereocenters. The van der Waals surface area contributed by atoms with Crippen LogP contribution in [0.5, 0.6) is 0 Å². The van der Waals surface area contributed by atoms with Gasteiger partial charge in [-0.25, -0.2) is 0 Å². The number of amides is 2. The molecular formula is C29H30N2O2S. The molecule has 1 N–H and O–H groups in total. The van der Waals surface area contributed by atoms with E-state index in [2.05, 4.69) is 43.4 Å². The van der Waals surface area contributed by atoms with E-state index in [1.165, 1.54) is 12.0 Å². The second-order valence-corrected chi connectivity index (χ2v) is 10.6. The maximum atomic E-state index is 13.7. The Kier molecular flexibility index (Phi) is 6.46. The molecule has 4 nitrogen and oxygen atoms in total. The summed E-state index contributed by atoms with van der Waals surface area (Å²) in [6.45, 7) is 4.73. The quantitative estimate of drug-likeness (QED) is 0.466. The lowest BCUT2D eigenvalue weighted by Gasteiger charge is -2.29. The third kappa shape index (κ3) is 4.62. The molecule has 34 heavy (non-hydrogen) atoms. The molecular weight excluding hydrogens is 440 g/mol. The van der Waals surface area contributed by atoms with Crippen molar-refractivity contribution < 1.29 is 9.59 Å². The van der Waals surface area contributed by atoms with E-state index >= 15 is 0 Å². The van der Waals surface area contributed by atoms with Gasteiger partial charge < -0.3 is 10.2 Å². The highest BCUT2D eigenvalue weighted by atomic mass is 32.2. The first-order valence-electron chi connectivity index (χ1n) is 12.1. The summed E-state index contributed by atoms with van der Waals surface area (Å²) < 4.78 is 0. The SMILES string of the molecule is Cc1ccc(CN2C(=O)c3ccccc3Sc3ccc(C(=O)N[C@@H]4CCCC[C@H]4C)cc32)cc1. The van der Waals surface area contributed by atoms with Crippen molar-refractivity contribution in [2.45, 2.75) is 61.9 Å². The van der Waals surface area contributed by atoms with Crippen LogP contribution in [0.1, 0.15) is 64.4 Å². The standard InChI is InChI=1S/C29H30N2O2S/c1-19-11-13-21(14-12-19)18-31-25-17-22(28(32)30-24-9-5-3-7-20(24)2)15-16-27(25)34-26-10-6-4-8-23(26)29(31)33/h4,6,8,10-17,20,24H,3,5,7,9,18H2,1-2H3,(H,30,32)/t20-,24-/m1/s1. The van der Waals surface area contributed by atoms with Crippen LogP contribution < -0.4 is 10.2 Å². The lowest BCUT2D eigenvalue weighted by atomic mass is 9.86. The molecule has 3 aromatic carbocycles. The highest BCUT2D eigenvalue weighted by molar-refractivity contribution is 7.99. The minimum absolute atomic E-state index is 0.0408. The smallest absolute Gasteiger partial charge is 0.259 e. The normalized spacial score (nSPS) is 19.7. The van der Waals surface area contributed by atoms with E-state index in [-0.39, 0.29) is 17.9 Å². The zero-order valence-electron chi connectivity index (χ0n) is 19.7. The van der Waals surface area contributed by atoms with Crippen LogP contribution in [0.3, 0.4) is 0 Å². The summed E-state index contributed by atoms with van der Waals surface area (Å²) in [6.07, 6.45) is 4.58. The van der Waals surface area contributed by atoms with E-state index in [1.54, 1.807) is 11.8 Å². The Balaban J connectivity index is 1.51. The van der Waals surface area contributed by atoms with Gasteiger partial charge in [-0.2, -0.15) is 0 Å². The van der Waals surface area contributed by atoms with Gasteiger partial charge in [0, 0.05) is 21.4 Å². The highest BCUT2D eigenvalue weighted by Crippen LogP contribution is 2.42. The number of hydrogen-bond donors (Lipinski definition) is 1. The average Bonchev–Trinajstić information content (AvgIpc) is 2.96. The Morgan fingerprint density at radius 1 is 1.00 bits per heavy atom. The number of carbonyl (C=O) groups excluding carboxylic acids is 2. The molecule has 1 heterocycles. The molecule has 0 aromatic heterocycles. The number of aryl methyl sites for hydroxylation is 1. The summed E-state index contributed by atoms with van der Waals surface area (Å²) in [4.78, 5) is 30.7. The van der Waals surface area contributed by atoms with Crippen molar-refractivity contribution in [2.75, 3.05) is 4.90 Å². The third-order valence-corrected chi connectivity index (χ3v) is 8.12. The first-order valence-corrected chi connectivity index (χ1v) is 12.9. The van der Waals surface area contributed by atoms with Crippen molar-refractivity contribution >= 4 is 29.3 Å². The van der Waals surface area contributed by atoms with Crippen molar-refractivity contribution in [3.8, 4) is 0 Å². The monoisotopic (exact) mass is 470 g/mol. The third-order valence-electron chi connectivity index (χ3n) is 6.98. The van der Waals surface area contributed by atoms with Gasteiger partial charge in [0.2, 0.25) is 0 Å². The van der Waals surface area contributed by atoms with Crippen LogP contribution in [0.15, 0.2) is 76.5 Å². The van der Waals surface area contributed by atoms with E-state index < -0.39 is 0 Å². The fraction of sp³-hybridized carbons (Fsp3) is 0.310. The first-order chi connectivity index (χ1) is 16.5. The van der Waals surface area contributed by atoms with Gasteiger partial charge in [0.1, 0.15) is 0 Å². The molecule has 2 aliphatic rings. The summed E-state index contributed by atoms with van der Waals surface area (Å²) in [5, 5.41) is 3.26. The molecule has 0 saturated heterocycles. The predicted molar refractivity (Wildman–Crippen MR) is 138 cm³/mol. The lowest BCUT2D eigenvalue weighted by molar-refractivity contribution is 0.0908. The molecule has 1 saturated carbocycles.